The van der Waals surface area contributed by atoms with Gasteiger partial charge in [0.1, 0.15) is 11.9 Å². The van der Waals surface area contributed by atoms with E-state index in [1.807, 2.05) is 6.92 Å². The number of hydrogen-bond donors (Lipinski definition) is 0. The van der Waals surface area contributed by atoms with Crippen molar-refractivity contribution in [2.75, 3.05) is 13.7 Å². The number of carbonyl (C=O) groups is 1. The van der Waals surface area contributed by atoms with Gasteiger partial charge in [0, 0.05) is 45.5 Å². The number of alkyl halides is 3. The molecule has 182 valence electrons. The summed E-state index contributed by atoms with van der Waals surface area (Å²) in [5.41, 5.74) is 0.804. The van der Waals surface area contributed by atoms with Gasteiger partial charge < -0.3 is 9.47 Å². The van der Waals surface area contributed by atoms with Crippen LogP contribution in [0.2, 0.25) is 0 Å². The topological polar surface area (TPSA) is 92.0 Å². The van der Waals surface area contributed by atoms with E-state index >= 15 is 0 Å². The van der Waals surface area contributed by atoms with E-state index in [0.717, 1.165) is 10.2 Å². The van der Waals surface area contributed by atoms with Crippen LogP contribution in [0.15, 0.2) is 30.6 Å². The summed E-state index contributed by atoms with van der Waals surface area (Å²) in [6.07, 6.45) is -1.18. The highest BCUT2D eigenvalue weighted by Gasteiger charge is 2.38. The van der Waals surface area contributed by atoms with Gasteiger partial charge in [0.15, 0.2) is 5.69 Å². The lowest BCUT2D eigenvalue weighted by molar-refractivity contribution is -0.141. The predicted octanol–water partition coefficient (Wildman–Crippen LogP) is 3.76. The standard InChI is InChI=1S/C23H26F3N5O3/c1-14-9-17(28-29-21(14)19-12-31(3)30-22(19)23(24,25)26)5-6-18(32)10-16-7-8-27-20(11-16)34-15(2)13-33-4/h7-9,11-12,15H,5-6,10,13H2,1-4H3. The molecular formula is C23H26F3N5O3. The second-order valence-corrected chi connectivity index (χ2v) is 8.03. The number of methoxy groups -OCH3 is 1. The molecule has 1 unspecified atom stereocenters. The van der Waals surface area contributed by atoms with Crippen molar-refractivity contribution in [1.82, 2.24) is 25.0 Å². The Morgan fingerprint density at radius 2 is 2.00 bits per heavy atom. The minimum Gasteiger partial charge on any atom is -0.472 e. The quantitative estimate of drug-likeness (QED) is 0.439. The van der Waals surface area contributed by atoms with Crippen LogP contribution in [0.3, 0.4) is 0 Å². The van der Waals surface area contributed by atoms with Gasteiger partial charge in [-0.1, -0.05) is 0 Å². The van der Waals surface area contributed by atoms with Gasteiger partial charge in [-0.2, -0.15) is 23.4 Å². The molecule has 0 amide bonds. The summed E-state index contributed by atoms with van der Waals surface area (Å²) in [7, 11) is 3.00. The van der Waals surface area contributed by atoms with Crippen LogP contribution < -0.4 is 4.74 Å². The summed E-state index contributed by atoms with van der Waals surface area (Å²) in [5.74, 6) is 0.401. The number of ketones is 1. The number of hydrogen-bond acceptors (Lipinski definition) is 7. The van der Waals surface area contributed by atoms with Crippen molar-refractivity contribution in [1.29, 1.82) is 0 Å². The summed E-state index contributed by atoms with van der Waals surface area (Å²) < 4.78 is 51.7. The third-order valence-electron chi connectivity index (χ3n) is 4.97. The largest absolute Gasteiger partial charge is 0.472 e. The Morgan fingerprint density at radius 3 is 2.68 bits per heavy atom. The van der Waals surface area contributed by atoms with Crippen LogP contribution >= 0.6 is 0 Å². The number of aromatic nitrogens is 5. The van der Waals surface area contributed by atoms with Crippen LogP contribution in [-0.4, -0.2) is 50.6 Å². The van der Waals surface area contributed by atoms with Gasteiger partial charge in [0.2, 0.25) is 5.88 Å². The highest BCUT2D eigenvalue weighted by atomic mass is 19.4. The van der Waals surface area contributed by atoms with Gasteiger partial charge in [0.25, 0.3) is 0 Å². The van der Waals surface area contributed by atoms with Crippen molar-refractivity contribution < 1.29 is 27.4 Å². The van der Waals surface area contributed by atoms with Gasteiger partial charge in [0.05, 0.1) is 23.6 Å². The van der Waals surface area contributed by atoms with Crippen LogP contribution in [0.4, 0.5) is 13.2 Å². The summed E-state index contributed by atoms with van der Waals surface area (Å²) >= 11 is 0. The maximum absolute atomic E-state index is 13.3. The Morgan fingerprint density at radius 1 is 1.24 bits per heavy atom. The maximum atomic E-state index is 13.3. The van der Waals surface area contributed by atoms with Crippen molar-refractivity contribution in [2.24, 2.45) is 7.05 Å². The van der Waals surface area contributed by atoms with E-state index in [-0.39, 0.29) is 36.0 Å². The number of carbonyl (C=O) groups excluding carboxylic acids is 1. The third kappa shape index (κ3) is 6.60. The highest BCUT2D eigenvalue weighted by molar-refractivity contribution is 5.81. The average molecular weight is 477 g/mol. The number of pyridine rings is 1. The van der Waals surface area contributed by atoms with Crippen molar-refractivity contribution in [2.45, 2.75) is 45.4 Å². The molecule has 0 bridgehead atoms. The average Bonchev–Trinajstić information content (AvgIpc) is 3.14. The van der Waals surface area contributed by atoms with E-state index < -0.39 is 11.9 Å². The molecule has 0 radical (unpaired) electrons. The molecular weight excluding hydrogens is 451 g/mol. The molecule has 0 aromatic carbocycles. The molecule has 0 N–H and O–H groups in total. The fraction of sp³-hybridized carbons (Fsp3) is 0.435. The molecule has 0 aliphatic carbocycles. The van der Waals surface area contributed by atoms with Crippen LogP contribution in [-0.2, 0) is 35.6 Å². The van der Waals surface area contributed by atoms with Crippen molar-refractivity contribution in [3.05, 3.63) is 53.1 Å². The number of nitrogens with zero attached hydrogens (tertiary/aromatic N) is 5. The first kappa shape index (κ1) is 25.3. The van der Waals surface area contributed by atoms with Crippen molar-refractivity contribution in [3.8, 4) is 17.1 Å². The van der Waals surface area contributed by atoms with E-state index in [1.54, 1.807) is 38.4 Å². The van der Waals surface area contributed by atoms with Crippen molar-refractivity contribution >= 4 is 5.78 Å². The lowest BCUT2D eigenvalue weighted by Crippen LogP contribution is -2.18. The first-order chi connectivity index (χ1) is 16.1. The number of aryl methyl sites for hydroxylation is 3. The zero-order valence-electron chi connectivity index (χ0n) is 19.4. The zero-order valence-corrected chi connectivity index (χ0v) is 19.4. The van der Waals surface area contributed by atoms with Gasteiger partial charge >= 0.3 is 6.18 Å². The molecule has 0 saturated carbocycles. The van der Waals surface area contributed by atoms with Crippen LogP contribution in [0.1, 0.15) is 35.9 Å². The maximum Gasteiger partial charge on any atom is 0.435 e. The van der Waals surface area contributed by atoms with Gasteiger partial charge in [-0.15, -0.1) is 5.10 Å². The summed E-state index contributed by atoms with van der Waals surface area (Å²) in [5, 5.41) is 11.6. The molecule has 8 nitrogen and oxygen atoms in total. The lowest BCUT2D eigenvalue weighted by atomic mass is 10.0. The van der Waals surface area contributed by atoms with Gasteiger partial charge in [-0.25, -0.2) is 4.98 Å². The first-order valence-corrected chi connectivity index (χ1v) is 10.6. The molecule has 11 heteroatoms. The van der Waals surface area contributed by atoms with Crippen molar-refractivity contribution in [3.63, 3.8) is 0 Å². The second kappa shape index (κ2) is 10.7. The van der Waals surface area contributed by atoms with E-state index in [4.69, 9.17) is 9.47 Å². The predicted molar refractivity (Wildman–Crippen MR) is 117 cm³/mol. The fourth-order valence-electron chi connectivity index (χ4n) is 3.48. The molecule has 1 atom stereocenters. The first-order valence-electron chi connectivity index (χ1n) is 10.6. The molecule has 0 saturated heterocycles. The van der Waals surface area contributed by atoms with Gasteiger partial charge in [-0.05, 0) is 43.5 Å². The van der Waals surface area contributed by atoms with E-state index in [1.165, 1.54) is 13.2 Å². The Kier molecular flexibility index (Phi) is 7.98. The second-order valence-electron chi connectivity index (χ2n) is 8.03. The zero-order chi connectivity index (χ0) is 24.9. The van der Waals surface area contributed by atoms with E-state index in [0.29, 0.717) is 30.2 Å². The lowest BCUT2D eigenvalue weighted by Gasteiger charge is -2.13. The Labute approximate surface area is 195 Å². The molecule has 0 fully saturated rings. The van der Waals surface area contributed by atoms with Crippen LogP contribution in [0, 0.1) is 6.92 Å². The molecule has 3 rings (SSSR count). The smallest absolute Gasteiger partial charge is 0.435 e. The van der Waals surface area contributed by atoms with Crippen LogP contribution in [0.25, 0.3) is 11.3 Å². The van der Waals surface area contributed by atoms with Crippen LogP contribution in [0.5, 0.6) is 5.88 Å². The number of Topliss-reactive ketones (excluding diaryl/α,β-unsaturated/α-hetero) is 1. The molecule has 3 heterocycles. The molecule has 0 spiro atoms. The molecule has 34 heavy (non-hydrogen) atoms. The highest BCUT2D eigenvalue weighted by Crippen LogP contribution is 2.36. The summed E-state index contributed by atoms with van der Waals surface area (Å²) in [4.78, 5) is 16.6. The number of halogens is 3. The minimum absolute atomic E-state index is 0.0164. The Bertz CT molecular complexity index is 1150. The monoisotopic (exact) mass is 477 g/mol. The normalized spacial score (nSPS) is 12.6. The third-order valence-corrected chi connectivity index (χ3v) is 4.97. The minimum atomic E-state index is -4.60. The van der Waals surface area contributed by atoms with Gasteiger partial charge in [-0.3, -0.25) is 9.48 Å². The fourth-order valence-corrected chi connectivity index (χ4v) is 3.48. The number of ether oxygens (including phenoxy) is 2. The summed E-state index contributed by atoms with van der Waals surface area (Å²) in [6, 6.07) is 5.11. The SMILES string of the molecule is COCC(C)Oc1cc(CC(=O)CCc2cc(C)c(-c3cn(C)nc3C(F)(F)F)nn2)ccn1. The Balaban J connectivity index is 1.63. The Hall–Kier alpha value is -3.34. The number of rotatable bonds is 10. The van der Waals surface area contributed by atoms with E-state index in [9.17, 15) is 18.0 Å². The molecule has 3 aromatic heterocycles. The summed E-state index contributed by atoms with van der Waals surface area (Å²) in [6.45, 7) is 3.93. The molecule has 3 aromatic rings. The van der Waals surface area contributed by atoms with E-state index in [2.05, 4.69) is 20.3 Å². The molecule has 0 aliphatic rings. The molecule has 0 aliphatic heterocycles.